The number of ether oxygens (including phenoxy) is 2. The molecular weight excluding hydrogens is 370 g/mol. The van der Waals surface area contributed by atoms with Gasteiger partial charge >= 0.3 is 0 Å². The van der Waals surface area contributed by atoms with Crippen LogP contribution in [0.25, 0.3) is 0 Å². The Morgan fingerprint density at radius 3 is 2.52 bits per heavy atom. The van der Waals surface area contributed by atoms with Crippen molar-refractivity contribution in [2.45, 2.75) is 6.42 Å². The summed E-state index contributed by atoms with van der Waals surface area (Å²) >= 11 is 0. The maximum Gasteiger partial charge on any atom is 0.274 e. The number of nitrogens with zero attached hydrogens (tertiary/aromatic N) is 4. The van der Waals surface area contributed by atoms with Crippen molar-refractivity contribution in [3.8, 4) is 11.5 Å². The van der Waals surface area contributed by atoms with E-state index in [-0.39, 0.29) is 11.6 Å². The summed E-state index contributed by atoms with van der Waals surface area (Å²) in [6.45, 7) is 0.748. The molecule has 0 saturated carbocycles. The highest BCUT2D eigenvalue weighted by atomic mass is 16.5. The first-order chi connectivity index (χ1) is 14.1. The predicted molar refractivity (Wildman–Crippen MR) is 111 cm³/mol. The van der Waals surface area contributed by atoms with E-state index in [2.05, 4.69) is 20.3 Å². The molecule has 1 N–H and O–H groups in total. The van der Waals surface area contributed by atoms with Gasteiger partial charge in [-0.25, -0.2) is 9.97 Å². The summed E-state index contributed by atoms with van der Waals surface area (Å²) in [6.07, 6.45) is 5.78. The van der Waals surface area contributed by atoms with E-state index in [9.17, 15) is 4.79 Å². The molecule has 0 saturated heterocycles. The third kappa shape index (κ3) is 5.19. The second kappa shape index (κ2) is 9.50. The van der Waals surface area contributed by atoms with Gasteiger partial charge in [0, 0.05) is 43.8 Å². The van der Waals surface area contributed by atoms with Crippen molar-refractivity contribution in [1.29, 1.82) is 0 Å². The van der Waals surface area contributed by atoms with Crippen LogP contribution in [0.1, 0.15) is 16.1 Å². The molecule has 2 heterocycles. The lowest BCUT2D eigenvalue weighted by atomic mass is 10.2. The van der Waals surface area contributed by atoms with Gasteiger partial charge < -0.3 is 19.7 Å². The van der Waals surface area contributed by atoms with E-state index in [4.69, 9.17) is 9.47 Å². The lowest BCUT2D eigenvalue weighted by Gasteiger charge is -2.18. The molecule has 0 atom stereocenters. The maximum atomic E-state index is 12.6. The smallest absolute Gasteiger partial charge is 0.274 e. The standard InChI is InChI=1S/C21H23N5O3/c1-26(11-8-15-6-9-22-10-7-15)20-13-17(23-14-24-20)21(27)25-16-4-5-18(28-2)19(12-16)29-3/h4-7,9-10,12-14H,8,11H2,1-3H3,(H,25,27). The lowest BCUT2D eigenvalue weighted by molar-refractivity contribution is 0.102. The molecule has 3 rings (SSSR count). The molecule has 3 aromatic rings. The Morgan fingerprint density at radius 2 is 1.79 bits per heavy atom. The van der Waals surface area contributed by atoms with E-state index >= 15 is 0 Å². The molecule has 8 nitrogen and oxygen atoms in total. The van der Waals surface area contributed by atoms with Crippen molar-refractivity contribution in [3.63, 3.8) is 0 Å². The van der Waals surface area contributed by atoms with Crippen LogP contribution in [-0.4, -0.2) is 48.7 Å². The molecule has 2 aromatic heterocycles. The molecule has 0 radical (unpaired) electrons. The Kier molecular flexibility index (Phi) is 6.57. The Bertz CT molecular complexity index is 966. The van der Waals surface area contributed by atoms with E-state index in [0.29, 0.717) is 23.0 Å². The zero-order valence-corrected chi connectivity index (χ0v) is 16.6. The molecule has 150 valence electrons. The third-order valence-electron chi connectivity index (χ3n) is 4.40. The third-order valence-corrected chi connectivity index (χ3v) is 4.40. The minimum absolute atomic E-state index is 0.278. The summed E-state index contributed by atoms with van der Waals surface area (Å²) in [5.74, 6) is 1.46. The molecule has 0 unspecified atom stereocenters. The molecule has 1 aromatic carbocycles. The molecule has 0 spiro atoms. The average Bonchev–Trinajstić information content (AvgIpc) is 2.78. The maximum absolute atomic E-state index is 12.6. The lowest BCUT2D eigenvalue weighted by Crippen LogP contribution is -2.23. The molecule has 0 aliphatic carbocycles. The van der Waals surface area contributed by atoms with Crippen LogP contribution in [0, 0.1) is 0 Å². The first kappa shape index (κ1) is 20.1. The summed E-state index contributed by atoms with van der Waals surface area (Å²) in [7, 11) is 5.03. The van der Waals surface area contributed by atoms with Gasteiger partial charge in [-0.1, -0.05) is 0 Å². The van der Waals surface area contributed by atoms with E-state index < -0.39 is 0 Å². The minimum atomic E-state index is -0.330. The zero-order valence-electron chi connectivity index (χ0n) is 16.6. The van der Waals surface area contributed by atoms with Gasteiger partial charge in [-0.15, -0.1) is 0 Å². The Morgan fingerprint density at radius 1 is 1.03 bits per heavy atom. The van der Waals surface area contributed by atoms with Crippen LogP contribution < -0.4 is 19.7 Å². The summed E-state index contributed by atoms with van der Waals surface area (Å²) < 4.78 is 10.5. The van der Waals surface area contributed by atoms with Gasteiger partial charge in [0.25, 0.3) is 5.91 Å². The number of nitrogens with one attached hydrogen (secondary N) is 1. The predicted octanol–water partition coefficient (Wildman–Crippen LogP) is 2.82. The van der Waals surface area contributed by atoms with E-state index in [1.165, 1.54) is 11.9 Å². The number of benzene rings is 1. The molecule has 1 amide bonds. The second-order valence-electron chi connectivity index (χ2n) is 6.31. The first-order valence-electron chi connectivity index (χ1n) is 9.06. The topological polar surface area (TPSA) is 89.5 Å². The van der Waals surface area contributed by atoms with Crippen molar-refractivity contribution in [3.05, 3.63) is 66.4 Å². The largest absolute Gasteiger partial charge is 0.493 e. The van der Waals surface area contributed by atoms with Gasteiger partial charge in [-0.05, 0) is 36.2 Å². The number of carbonyl (C=O) groups excluding carboxylic acids is 1. The summed E-state index contributed by atoms with van der Waals surface area (Å²) in [6, 6.07) is 10.8. The fourth-order valence-corrected chi connectivity index (χ4v) is 2.75. The fourth-order valence-electron chi connectivity index (χ4n) is 2.75. The number of pyridine rings is 1. The van der Waals surface area contributed by atoms with Crippen LogP contribution in [0.3, 0.4) is 0 Å². The number of aromatic nitrogens is 3. The number of amides is 1. The number of anilines is 2. The highest BCUT2D eigenvalue weighted by Gasteiger charge is 2.13. The van der Waals surface area contributed by atoms with Gasteiger partial charge in [0.15, 0.2) is 11.5 Å². The quantitative estimate of drug-likeness (QED) is 0.629. The normalized spacial score (nSPS) is 10.3. The van der Waals surface area contributed by atoms with Gasteiger partial charge in [-0.3, -0.25) is 9.78 Å². The number of hydrogen-bond donors (Lipinski definition) is 1. The van der Waals surface area contributed by atoms with Crippen LogP contribution in [0.5, 0.6) is 11.5 Å². The fraction of sp³-hybridized carbons (Fsp3) is 0.238. The number of methoxy groups -OCH3 is 2. The molecule has 29 heavy (non-hydrogen) atoms. The zero-order chi connectivity index (χ0) is 20.6. The SMILES string of the molecule is COc1ccc(NC(=O)c2cc(N(C)CCc3ccncc3)ncn2)cc1OC. The van der Waals surface area contributed by atoms with Gasteiger partial charge in [0.2, 0.25) is 0 Å². The molecule has 0 fully saturated rings. The van der Waals surface area contributed by atoms with Crippen molar-refractivity contribution < 1.29 is 14.3 Å². The van der Waals surface area contributed by atoms with Crippen LogP contribution in [0.15, 0.2) is 55.1 Å². The number of hydrogen-bond acceptors (Lipinski definition) is 7. The first-order valence-corrected chi connectivity index (χ1v) is 9.06. The minimum Gasteiger partial charge on any atom is -0.493 e. The van der Waals surface area contributed by atoms with Gasteiger partial charge in [0.1, 0.15) is 17.8 Å². The number of rotatable bonds is 8. The van der Waals surface area contributed by atoms with E-state index in [1.54, 1.807) is 50.9 Å². The van der Waals surface area contributed by atoms with Gasteiger partial charge in [-0.2, -0.15) is 0 Å². The second-order valence-corrected chi connectivity index (χ2v) is 6.31. The van der Waals surface area contributed by atoms with Crippen LogP contribution in [-0.2, 0) is 6.42 Å². The average molecular weight is 393 g/mol. The molecule has 0 aliphatic rings. The summed E-state index contributed by atoms with van der Waals surface area (Å²) in [4.78, 5) is 27.0. The van der Waals surface area contributed by atoms with Crippen LogP contribution in [0.4, 0.5) is 11.5 Å². The van der Waals surface area contributed by atoms with Crippen molar-refractivity contribution >= 4 is 17.4 Å². The monoisotopic (exact) mass is 393 g/mol. The number of likely N-dealkylation sites (N-methyl/N-ethyl adjacent to an activating group) is 1. The van der Waals surface area contributed by atoms with Crippen LogP contribution >= 0.6 is 0 Å². The van der Waals surface area contributed by atoms with E-state index in [0.717, 1.165) is 13.0 Å². The van der Waals surface area contributed by atoms with Crippen molar-refractivity contribution in [2.24, 2.45) is 0 Å². The van der Waals surface area contributed by atoms with Crippen LogP contribution in [0.2, 0.25) is 0 Å². The highest BCUT2D eigenvalue weighted by Crippen LogP contribution is 2.29. The van der Waals surface area contributed by atoms with Gasteiger partial charge in [0.05, 0.1) is 14.2 Å². The molecule has 8 heteroatoms. The highest BCUT2D eigenvalue weighted by molar-refractivity contribution is 6.03. The Labute approximate surface area is 169 Å². The number of carbonyl (C=O) groups is 1. The summed E-state index contributed by atoms with van der Waals surface area (Å²) in [5.41, 5.74) is 2.05. The molecule has 0 bridgehead atoms. The van der Waals surface area contributed by atoms with E-state index in [1.807, 2.05) is 24.1 Å². The molecular formula is C21H23N5O3. The Hall–Kier alpha value is -3.68. The van der Waals surface area contributed by atoms with Crippen molar-refractivity contribution in [1.82, 2.24) is 15.0 Å². The summed E-state index contributed by atoms with van der Waals surface area (Å²) in [5, 5.41) is 2.82. The Balaban J connectivity index is 1.67. The molecule has 0 aliphatic heterocycles. The van der Waals surface area contributed by atoms with Crippen molar-refractivity contribution in [2.75, 3.05) is 38.0 Å².